The van der Waals surface area contributed by atoms with Gasteiger partial charge in [-0.25, -0.2) is 8.42 Å². The topological polar surface area (TPSA) is 66.5 Å². The lowest BCUT2D eigenvalue weighted by molar-refractivity contribution is -0.118. The van der Waals surface area contributed by atoms with Crippen LogP contribution in [-0.4, -0.2) is 25.5 Å². The van der Waals surface area contributed by atoms with Crippen LogP contribution in [0.3, 0.4) is 0 Å². The molecule has 1 N–H and O–H groups in total. The van der Waals surface area contributed by atoms with Gasteiger partial charge in [0.2, 0.25) is 15.9 Å². The van der Waals surface area contributed by atoms with Crippen molar-refractivity contribution in [2.75, 3.05) is 20.8 Å². The van der Waals surface area contributed by atoms with E-state index in [-0.39, 0.29) is 10.6 Å². The van der Waals surface area contributed by atoms with E-state index in [4.69, 9.17) is 0 Å². The molecule has 0 spiro atoms. The summed E-state index contributed by atoms with van der Waals surface area (Å²) in [5.74, 6) is 0.0970. The molecule has 0 bridgehead atoms. The van der Waals surface area contributed by atoms with Crippen LogP contribution in [0.15, 0.2) is 18.2 Å². The number of halogens is 1. The number of hydrogen-bond donors (Lipinski definition) is 1. The SMILES string of the molecule is CCC(=O)N1CCCc2cc(NS(=O)(=O)CBr)ccc21. The first-order valence-corrected chi connectivity index (χ1v) is 9.24. The van der Waals surface area contributed by atoms with E-state index in [9.17, 15) is 13.2 Å². The predicted octanol–water partition coefficient (Wildman–Crippen LogP) is 2.47. The van der Waals surface area contributed by atoms with E-state index in [1.807, 2.05) is 19.1 Å². The molecule has 2 rings (SSSR count). The molecule has 20 heavy (non-hydrogen) atoms. The number of carbonyl (C=O) groups is 1. The third-order valence-corrected chi connectivity index (χ3v) is 5.86. The largest absolute Gasteiger partial charge is 0.312 e. The van der Waals surface area contributed by atoms with Crippen LogP contribution < -0.4 is 9.62 Å². The summed E-state index contributed by atoms with van der Waals surface area (Å²) >= 11 is 2.94. The monoisotopic (exact) mass is 360 g/mol. The van der Waals surface area contributed by atoms with Gasteiger partial charge in [-0.15, -0.1) is 0 Å². The fraction of sp³-hybridized carbons (Fsp3) is 0.462. The van der Waals surface area contributed by atoms with E-state index >= 15 is 0 Å². The minimum Gasteiger partial charge on any atom is -0.312 e. The number of benzene rings is 1. The Labute approximate surface area is 127 Å². The third-order valence-electron chi connectivity index (χ3n) is 3.22. The van der Waals surface area contributed by atoms with Gasteiger partial charge in [-0.05, 0) is 36.6 Å². The van der Waals surface area contributed by atoms with Gasteiger partial charge in [0, 0.05) is 24.3 Å². The quantitative estimate of drug-likeness (QED) is 0.838. The maximum atomic E-state index is 11.9. The van der Waals surface area contributed by atoms with Crippen molar-refractivity contribution in [3.8, 4) is 0 Å². The molecule has 0 unspecified atom stereocenters. The minimum atomic E-state index is -3.35. The molecule has 0 saturated carbocycles. The molecule has 110 valence electrons. The van der Waals surface area contributed by atoms with Gasteiger partial charge in [0.15, 0.2) is 0 Å². The Morgan fingerprint density at radius 2 is 2.20 bits per heavy atom. The van der Waals surface area contributed by atoms with Crippen LogP contribution in [-0.2, 0) is 21.2 Å². The molecular weight excluding hydrogens is 344 g/mol. The number of hydrogen-bond acceptors (Lipinski definition) is 3. The van der Waals surface area contributed by atoms with Crippen molar-refractivity contribution in [2.45, 2.75) is 26.2 Å². The van der Waals surface area contributed by atoms with Gasteiger partial charge in [0.05, 0.1) is 0 Å². The van der Waals surface area contributed by atoms with Gasteiger partial charge >= 0.3 is 0 Å². The maximum Gasteiger partial charge on any atom is 0.242 e. The molecule has 0 radical (unpaired) electrons. The number of rotatable bonds is 4. The molecule has 1 aliphatic rings. The molecule has 1 amide bonds. The Kier molecular flexibility index (Phi) is 4.70. The van der Waals surface area contributed by atoms with Crippen LogP contribution in [0, 0.1) is 0 Å². The summed E-state index contributed by atoms with van der Waals surface area (Å²) in [6.45, 7) is 2.57. The maximum absolute atomic E-state index is 11.9. The van der Waals surface area contributed by atoms with Crippen LogP contribution in [0.25, 0.3) is 0 Å². The zero-order valence-electron chi connectivity index (χ0n) is 11.2. The lowest BCUT2D eigenvalue weighted by Gasteiger charge is -2.29. The van der Waals surface area contributed by atoms with Gasteiger partial charge in [0.25, 0.3) is 0 Å². The molecule has 1 aromatic rings. The molecule has 0 saturated heterocycles. The van der Waals surface area contributed by atoms with Crippen molar-refractivity contribution in [3.63, 3.8) is 0 Å². The average Bonchev–Trinajstić information content (AvgIpc) is 2.45. The van der Waals surface area contributed by atoms with E-state index in [0.717, 1.165) is 30.6 Å². The zero-order chi connectivity index (χ0) is 14.8. The predicted molar refractivity (Wildman–Crippen MR) is 83.7 cm³/mol. The third kappa shape index (κ3) is 3.32. The summed E-state index contributed by atoms with van der Waals surface area (Å²) < 4.78 is 25.4. The first-order valence-electron chi connectivity index (χ1n) is 6.46. The van der Waals surface area contributed by atoms with Crippen molar-refractivity contribution in [1.82, 2.24) is 0 Å². The first kappa shape index (κ1) is 15.3. The second-order valence-corrected chi connectivity index (χ2v) is 7.70. The second-order valence-electron chi connectivity index (χ2n) is 4.67. The summed E-state index contributed by atoms with van der Waals surface area (Å²) in [6, 6.07) is 5.32. The number of carbonyl (C=O) groups excluding carboxylic acids is 1. The lowest BCUT2D eigenvalue weighted by atomic mass is 10.0. The Bertz CT molecular complexity index is 616. The number of aryl methyl sites for hydroxylation is 1. The number of sulfonamides is 1. The average molecular weight is 361 g/mol. The van der Waals surface area contributed by atoms with Gasteiger partial charge in [0.1, 0.15) is 4.66 Å². The van der Waals surface area contributed by atoms with Crippen LogP contribution in [0.4, 0.5) is 11.4 Å². The molecule has 0 aromatic heterocycles. The molecule has 7 heteroatoms. The normalized spacial score (nSPS) is 14.8. The number of fused-ring (bicyclic) bond motifs is 1. The number of alkyl halides is 1. The Morgan fingerprint density at radius 3 is 2.85 bits per heavy atom. The molecule has 1 heterocycles. The summed E-state index contributed by atoms with van der Waals surface area (Å²) in [7, 11) is -3.35. The molecule has 0 atom stereocenters. The smallest absolute Gasteiger partial charge is 0.242 e. The highest BCUT2D eigenvalue weighted by Gasteiger charge is 2.21. The van der Waals surface area contributed by atoms with Crippen molar-refractivity contribution in [3.05, 3.63) is 23.8 Å². The lowest BCUT2D eigenvalue weighted by Crippen LogP contribution is -2.34. The molecule has 0 fully saturated rings. The summed E-state index contributed by atoms with van der Waals surface area (Å²) in [6.07, 6.45) is 2.22. The van der Waals surface area contributed by atoms with Crippen LogP contribution in [0.5, 0.6) is 0 Å². The molecule has 0 aliphatic carbocycles. The van der Waals surface area contributed by atoms with Crippen LogP contribution >= 0.6 is 15.9 Å². The highest BCUT2D eigenvalue weighted by Crippen LogP contribution is 2.30. The zero-order valence-corrected chi connectivity index (χ0v) is 13.6. The number of nitrogens with zero attached hydrogens (tertiary/aromatic N) is 1. The molecule has 1 aliphatic heterocycles. The Morgan fingerprint density at radius 1 is 1.45 bits per heavy atom. The highest BCUT2D eigenvalue weighted by molar-refractivity contribution is 9.10. The van der Waals surface area contributed by atoms with Crippen molar-refractivity contribution in [2.24, 2.45) is 0 Å². The van der Waals surface area contributed by atoms with Crippen molar-refractivity contribution < 1.29 is 13.2 Å². The standard InChI is InChI=1S/C13H17BrN2O3S/c1-2-13(17)16-7-3-4-10-8-11(5-6-12(10)16)15-20(18,19)9-14/h5-6,8,15H,2-4,7,9H2,1H3. The van der Waals surface area contributed by atoms with Gasteiger partial charge in [-0.3, -0.25) is 9.52 Å². The number of nitrogens with one attached hydrogen (secondary N) is 1. The fourth-order valence-electron chi connectivity index (χ4n) is 2.32. The summed E-state index contributed by atoms with van der Waals surface area (Å²) in [4.78, 5) is 13.7. The minimum absolute atomic E-state index is 0.0970. The van der Waals surface area contributed by atoms with E-state index in [1.54, 1.807) is 11.0 Å². The van der Waals surface area contributed by atoms with Crippen molar-refractivity contribution in [1.29, 1.82) is 0 Å². The van der Waals surface area contributed by atoms with Gasteiger partial charge in [-0.2, -0.15) is 0 Å². The van der Waals surface area contributed by atoms with Crippen LogP contribution in [0.2, 0.25) is 0 Å². The van der Waals surface area contributed by atoms with E-state index < -0.39 is 10.0 Å². The summed E-state index contributed by atoms with van der Waals surface area (Å²) in [5.41, 5.74) is 2.44. The molecule has 1 aromatic carbocycles. The van der Waals surface area contributed by atoms with Crippen LogP contribution in [0.1, 0.15) is 25.3 Å². The highest BCUT2D eigenvalue weighted by atomic mass is 79.9. The second kappa shape index (κ2) is 6.13. The van der Waals surface area contributed by atoms with Crippen molar-refractivity contribution >= 4 is 43.2 Å². The van der Waals surface area contributed by atoms with Gasteiger partial charge < -0.3 is 4.90 Å². The molecular formula is C13H17BrN2O3S. The Hall–Kier alpha value is -1.08. The fourth-order valence-corrected chi connectivity index (χ4v) is 3.20. The van der Waals surface area contributed by atoms with E-state index in [1.165, 1.54) is 0 Å². The first-order chi connectivity index (χ1) is 9.46. The number of anilines is 2. The van der Waals surface area contributed by atoms with E-state index in [0.29, 0.717) is 12.1 Å². The molecule has 5 nitrogen and oxygen atoms in total. The van der Waals surface area contributed by atoms with Gasteiger partial charge in [-0.1, -0.05) is 22.9 Å². The summed E-state index contributed by atoms with van der Waals surface area (Å²) in [5, 5.41) is 0. The number of amides is 1. The van der Waals surface area contributed by atoms with E-state index in [2.05, 4.69) is 20.7 Å². The Balaban J connectivity index is 2.30.